The van der Waals surface area contributed by atoms with Crippen LogP contribution in [0.3, 0.4) is 0 Å². The van der Waals surface area contributed by atoms with Crippen LogP contribution >= 0.6 is 22.9 Å². The molecular formula is C21H24ClN5OS. The Bertz CT molecular complexity index is 995. The predicted octanol–water partition coefficient (Wildman–Crippen LogP) is 4.13. The van der Waals surface area contributed by atoms with E-state index in [-0.39, 0.29) is 11.8 Å². The third-order valence-electron chi connectivity index (χ3n) is 5.34. The molecule has 4 rings (SSSR count). The fraction of sp³-hybridized carbons (Fsp3) is 0.381. The number of hydrogen-bond donors (Lipinski definition) is 1. The van der Waals surface area contributed by atoms with Crippen molar-refractivity contribution in [1.29, 1.82) is 0 Å². The molecule has 1 amide bonds. The zero-order valence-corrected chi connectivity index (χ0v) is 18.1. The minimum absolute atomic E-state index is 0.0614. The Balaban J connectivity index is 1.41. The molecule has 6 nitrogen and oxygen atoms in total. The van der Waals surface area contributed by atoms with Gasteiger partial charge in [-0.3, -0.25) is 9.36 Å². The lowest BCUT2D eigenvalue weighted by molar-refractivity contribution is -0.125. The van der Waals surface area contributed by atoms with E-state index in [2.05, 4.69) is 51.0 Å². The molecule has 0 bridgehead atoms. The van der Waals surface area contributed by atoms with E-state index in [1.165, 1.54) is 0 Å². The van der Waals surface area contributed by atoms with Crippen molar-refractivity contribution in [3.8, 4) is 5.13 Å². The van der Waals surface area contributed by atoms with Crippen molar-refractivity contribution in [3.63, 3.8) is 0 Å². The van der Waals surface area contributed by atoms with Crippen molar-refractivity contribution in [2.24, 2.45) is 5.92 Å². The first-order valence-electron chi connectivity index (χ1n) is 9.78. The topological polar surface area (TPSA) is 63.1 Å². The monoisotopic (exact) mass is 429 g/mol. The number of hydrogen-bond acceptors (Lipinski definition) is 5. The van der Waals surface area contributed by atoms with E-state index in [1.807, 2.05) is 24.3 Å². The standard InChI is InChI=1S/C21H24ClN5OS/c1-14-9-10-15(2)27(14)21-25-24-20(29-21)26-11-5-7-17(13-26)19(28)23-12-16-6-3-4-8-18(16)22/h3-4,6,8-10,17H,5,7,11-13H2,1-2H3,(H,23,28)/t17-/m1/s1. The van der Waals surface area contributed by atoms with E-state index in [4.69, 9.17) is 11.6 Å². The van der Waals surface area contributed by atoms with Crippen LogP contribution in [-0.4, -0.2) is 33.8 Å². The van der Waals surface area contributed by atoms with Crippen LogP contribution in [0.25, 0.3) is 5.13 Å². The van der Waals surface area contributed by atoms with E-state index in [1.54, 1.807) is 11.3 Å². The van der Waals surface area contributed by atoms with Gasteiger partial charge in [0.25, 0.3) is 0 Å². The molecule has 1 aromatic carbocycles. The van der Waals surface area contributed by atoms with Gasteiger partial charge in [0.1, 0.15) is 0 Å². The predicted molar refractivity (Wildman–Crippen MR) is 117 cm³/mol. The number of rotatable bonds is 5. The molecule has 152 valence electrons. The Morgan fingerprint density at radius 2 is 1.90 bits per heavy atom. The number of amides is 1. The number of aryl methyl sites for hydroxylation is 2. The molecule has 0 radical (unpaired) electrons. The number of halogens is 1. The highest BCUT2D eigenvalue weighted by atomic mass is 35.5. The third kappa shape index (κ3) is 4.31. The van der Waals surface area contributed by atoms with Gasteiger partial charge < -0.3 is 10.2 Å². The number of benzene rings is 1. The fourth-order valence-corrected chi connectivity index (χ4v) is 4.93. The molecule has 29 heavy (non-hydrogen) atoms. The molecule has 2 aromatic heterocycles. The first-order chi connectivity index (χ1) is 14.0. The summed E-state index contributed by atoms with van der Waals surface area (Å²) in [5, 5.41) is 14.2. The summed E-state index contributed by atoms with van der Waals surface area (Å²) >= 11 is 7.76. The Kier molecular flexibility index (Phi) is 5.87. The van der Waals surface area contributed by atoms with Crippen LogP contribution in [0.1, 0.15) is 29.8 Å². The Hall–Kier alpha value is -2.38. The number of carbonyl (C=O) groups is 1. The van der Waals surface area contributed by atoms with Crippen LogP contribution in [-0.2, 0) is 11.3 Å². The second kappa shape index (κ2) is 8.55. The lowest BCUT2D eigenvalue weighted by Gasteiger charge is -2.31. The molecule has 1 aliphatic heterocycles. The third-order valence-corrected chi connectivity index (χ3v) is 6.68. The molecule has 0 aliphatic carbocycles. The van der Waals surface area contributed by atoms with Crippen LogP contribution in [0, 0.1) is 19.8 Å². The van der Waals surface area contributed by atoms with Crippen molar-refractivity contribution in [2.45, 2.75) is 33.2 Å². The first-order valence-corrected chi connectivity index (χ1v) is 11.0. The minimum Gasteiger partial charge on any atom is -0.352 e. The van der Waals surface area contributed by atoms with Crippen LogP contribution in [0.4, 0.5) is 5.13 Å². The number of anilines is 1. The van der Waals surface area contributed by atoms with Crippen molar-refractivity contribution < 1.29 is 4.79 Å². The molecule has 3 aromatic rings. The lowest BCUT2D eigenvalue weighted by atomic mass is 9.97. The summed E-state index contributed by atoms with van der Waals surface area (Å²) in [4.78, 5) is 14.9. The van der Waals surface area contributed by atoms with Gasteiger partial charge in [-0.05, 0) is 50.5 Å². The quantitative estimate of drug-likeness (QED) is 0.662. The fourth-order valence-electron chi connectivity index (χ4n) is 3.73. The van der Waals surface area contributed by atoms with E-state index in [0.717, 1.165) is 46.6 Å². The highest BCUT2D eigenvalue weighted by Gasteiger charge is 2.28. The first kappa shape index (κ1) is 19.9. The summed E-state index contributed by atoms with van der Waals surface area (Å²) in [5.41, 5.74) is 3.21. The van der Waals surface area contributed by atoms with E-state index in [9.17, 15) is 4.79 Å². The summed E-state index contributed by atoms with van der Waals surface area (Å²) < 4.78 is 2.11. The van der Waals surface area contributed by atoms with Crippen LogP contribution < -0.4 is 10.2 Å². The molecule has 8 heteroatoms. The summed E-state index contributed by atoms with van der Waals surface area (Å²) in [7, 11) is 0. The lowest BCUT2D eigenvalue weighted by Crippen LogP contribution is -2.43. The molecule has 0 spiro atoms. The Morgan fingerprint density at radius 3 is 2.66 bits per heavy atom. The molecule has 1 N–H and O–H groups in total. The van der Waals surface area contributed by atoms with Gasteiger partial charge in [-0.1, -0.05) is 41.1 Å². The largest absolute Gasteiger partial charge is 0.352 e. The molecule has 1 saturated heterocycles. The summed E-state index contributed by atoms with van der Waals surface area (Å²) in [6.45, 7) is 6.13. The molecule has 1 aliphatic rings. The molecule has 0 saturated carbocycles. The summed E-state index contributed by atoms with van der Waals surface area (Å²) in [6.07, 6.45) is 1.84. The number of carbonyl (C=O) groups excluding carboxylic acids is 1. The molecule has 1 fully saturated rings. The Morgan fingerprint density at radius 1 is 1.17 bits per heavy atom. The van der Waals surface area contributed by atoms with Crippen LogP contribution in [0.2, 0.25) is 5.02 Å². The van der Waals surface area contributed by atoms with Gasteiger partial charge in [0.05, 0.1) is 5.92 Å². The van der Waals surface area contributed by atoms with E-state index < -0.39 is 0 Å². The van der Waals surface area contributed by atoms with Crippen LogP contribution in [0.5, 0.6) is 0 Å². The zero-order chi connectivity index (χ0) is 20.4. The SMILES string of the molecule is Cc1ccc(C)n1-c1nnc(N2CCC[C@@H](C(=O)NCc3ccccc3Cl)C2)s1. The maximum absolute atomic E-state index is 12.7. The van der Waals surface area contributed by atoms with Gasteiger partial charge in [-0.15, -0.1) is 10.2 Å². The van der Waals surface area contributed by atoms with Crippen LogP contribution in [0.15, 0.2) is 36.4 Å². The van der Waals surface area contributed by atoms with Crippen molar-refractivity contribution in [3.05, 3.63) is 58.4 Å². The number of nitrogens with zero attached hydrogens (tertiary/aromatic N) is 4. The van der Waals surface area contributed by atoms with E-state index in [0.29, 0.717) is 18.1 Å². The second-order valence-corrected chi connectivity index (χ2v) is 8.75. The average molecular weight is 430 g/mol. The van der Waals surface area contributed by atoms with Crippen molar-refractivity contribution in [1.82, 2.24) is 20.1 Å². The van der Waals surface area contributed by atoms with Crippen molar-refractivity contribution >= 4 is 34.0 Å². The van der Waals surface area contributed by atoms with Gasteiger partial charge in [-0.25, -0.2) is 0 Å². The molecule has 1 atom stereocenters. The minimum atomic E-state index is -0.0614. The summed E-state index contributed by atoms with van der Waals surface area (Å²) in [5.74, 6) is 0.00472. The highest BCUT2D eigenvalue weighted by molar-refractivity contribution is 7.17. The number of nitrogens with one attached hydrogen (secondary N) is 1. The van der Waals surface area contributed by atoms with Gasteiger partial charge >= 0.3 is 0 Å². The highest BCUT2D eigenvalue weighted by Crippen LogP contribution is 2.29. The molecular weight excluding hydrogens is 406 g/mol. The van der Waals surface area contributed by atoms with Crippen molar-refractivity contribution in [2.75, 3.05) is 18.0 Å². The summed E-state index contributed by atoms with van der Waals surface area (Å²) in [6, 6.07) is 11.8. The zero-order valence-electron chi connectivity index (χ0n) is 16.6. The smallest absolute Gasteiger partial charge is 0.225 e. The van der Waals surface area contributed by atoms with Gasteiger partial charge in [-0.2, -0.15) is 0 Å². The number of piperidine rings is 1. The van der Waals surface area contributed by atoms with Gasteiger partial charge in [0, 0.05) is 36.0 Å². The van der Waals surface area contributed by atoms with Gasteiger partial charge in [0.2, 0.25) is 16.2 Å². The normalized spacial score (nSPS) is 16.8. The maximum atomic E-state index is 12.7. The molecule has 0 unspecified atom stereocenters. The van der Waals surface area contributed by atoms with Gasteiger partial charge in [0.15, 0.2) is 0 Å². The van der Waals surface area contributed by atoms with E-state index >= 15 is 0 Å². The molecule has 3 heterocycles. The maximum Gasteiger partial charge on any atom is 0.225 e. The Labute approximate surface area is 179 Å². The average Bonchev–Trinajstić information content (AvgIpc) is 3.33. The number of aromatic nitrogens is 3. The second-order valence-electron chi connectivity index (χ2n) is 7.41.